The Balaban J connectivity index is 0.00000338. The van der Waals surface area contributed by atoms with Crippen molar-refractivity contribution < 1.29 is 0 Å². The zero-order valence-corrected chi connectivity index (χ0v) is 18.6. The smallest absolute Gasteiger partial charge is 0.190 e. The van der Waals surface area contributed by atoms with Gasteiger partial charge in [0.15, 0.2) is 5.96 Å². The molecular formula is C19H35IN6. The van der Waals surface area contributed by atoms with Gasteiger partial charge in [0.2, 0.25) is 0 Å². The third-order valence-corrected chi connectivity index (χ3v) is 4.73. The van der Waals surface area contributed by atoms with Gasteiger partial charge in [-0.05, 0) is 38.1 Å². The maximum Gasteiger partial charge on any atom is 0.190 e. The molecule has 0 amide bonds. The molecule has 1 saturated heterocycles. The van der Waals surface area contributed by atoms with Crippen molar-refractivity contribution >= 4 is 29.9 Å². The van der Waals surface area contributed by atoms with Crippen LogP contribution < -0.4 is 10.6 Å². The molecule has 0 bridgehead atoms. The van der Waals surface area contributed by atoms with E-state index in [1.54, 1.807) is 0 Å². The number of hydrogen-bond acceptors (Lipinski definition) is 4. The van der Waals surface area contributed by atoms with Crippen molar-refractivity contribution in [3.63, 3.8) is 0 Å². The summed E-state index contributed by atoms with van der Waals surface area (Å²) in [4.78, 5) is 13.7. The normalized spacial score (nSPS) is 16.2. The first-order valence-electron chi connectivity index (χ1n) is 9.61. The van der Waals surface area contributed by atoms with Crippen LogP contribution in [0.25, 0.3) is 0 Å². The molecule has 0 atom stereocenters. The minimum Gasteiger partial charge on any atom is -0.356 e. The second-order valence-electron chi connectivity index (χ2n) is 6.48. The van der Waals surface area contributed by atoms with Gasteiger partial charge in [0.1, 0.15) is 0 Å². The van der Waals surface area contributed by atoms with Crippen LogP contribution in [0.4, 0.5) is 0 Å². The summed E-state index contributed by atoms with van der Waals surface area (Å²) in [5.74, 6) is 0.882. The first kappa shape index (κ1) is 23.1. The van der Waals surface area contributed by atoms with E-state index in [0.29, 0.717) is 0 Å². The predicted molar refractivity (Wildman–Crippen MR) is 121 cm³/mol. The van der Waals surface area contributed by atoms with Crippen LogP contribution in [0.15, 0.2) is 29.4 Å². The van der Waals surface area contributed by atoms with Gasteiger partial charge in [-0.1, -0.05) is 13.0 Å². The fourth-order valence-corrected chi connectivity index (χ4v) is 3.07. The van der Waals surface area contributed by atoms with Gasteiger partial charge in [0, 0.05) is 64.6 Å². The summed E-state index contributed by atoms with van der Waals surface area (Å²) in [5, 5.41) is 6.75. The summed E-state index contributed by atoms with van der Waals surface area (Å²) in [6.45, 7) is 11.4. The van der Waals surface area contributed by atoms with E-state index in [1.165, 1.54) is 52.1 Å². The Labute approximate surface area is 175 Å². The number of unbranched alkanes of at least 4 members (excludes halogenated alkanes) is 1. The Hall–Kier alpha value is -0.930. The van der Waals surface area contributed by atoms with Crippen LogP contribution in [-0.2, 0) is 6.42 Å². The van der Waals surface area contributed by atoms with Gasteiger partial charge in [0.05, 0.1) is 0 Å². The average Bonchev–Trinajstić information content (AvgIpc) is 2.67. The second kappa shape index (κ2) is 14.2. The van der Waals surface area contributed by atoms with E-state index in [1.807, 2.05) is 25.4 Å². The van der Waals surface area contributed by atoms with Crippen molar-refractivity contribution in [1.29, 1.82) is 0 Å². The molecule has 0 radical (unpaired) electrons. The molecule has 1 fully saturated rings. The molecular weight excluding hydrogens is 439 g/mol. The highest BCUT2D eigenvalue weighted by Gasteiger charge is 2.14. The Kier molecular flexibility index (Phi) is 12.6. The lowest BCUT2D eigenvalue weighted by atomic mass is 10.2. The molecule has 1 aliphatic rings. The van der Waals surface area contributed by atoms with Crippen molar-refractivity contribution in [2.24, 2.45) is 4.99 Å². The molecule has 0 unspecified atom stereocenters. The van der Waals surface area contributed by atoms with E-state index in [-0.39, 0.29) is 24.0 Å². The fraction of sp³-hybridized carbons (Fsp3) is 0.684. The third-order valence-electron chi connectivity index (χ3n) is 4.73. The number of aliphatic imine (C=N–C) groups is 1. The topological polar surface area (TPSA) is 55.8 Å². The monoisotopic (exact) mass is 474 g/mol. The third kappa shape index (κ3) is 9.14. The molecule has 1 aromatic rings. The van der Waals surface area contributed by atoms with E-state index in [4.69, 9.17) is 0 Å². The van der Waals surface area contributed by atoms with E-state index in [2.05, 4.69) is 43.4 Å². The molecule has 6 nitrogen and oxygen atoms in total. The first-order valence-corrected chi connectivity index (χ1v) is 9.61. The maximum atomic E-state index is 4.33. The Morgan fingerprint density at radius 1 is 1.08 bits per heavy atom. The lowest BCUT2D eigenvalue weighted by molar-refractivity contribution is 0.136. The number of guanidine groups is 1. The number of pyridine rings is 1. The van der Waals surface area contributed by atoms with Gasteiger partial charge in [-0.15, -0.1) is 24.0 Å². The quantitative estimate of drug-likeness (QED) is 0.248. The van der Waals surface area contributed by atoms with E-state index in [0.717, 1.165) is 31.2 Å². The average molecular weight is 474 g/mol. The number of nitrogens with zero attached hydrogens (tertiary/aromatic N) is 4. The molecule has 26 heavy (non-hydrogen) atoms. The number of halogens is 1. The van der Waals surface area contributed by atoms with E-state index >= 15 is 0 Å². The summed E-state index contributed by atoms with van der Waals surface area (Å²) >= 11 is 0. The fourth-order valence-electron chi connectivity index (χ4n) is 3.07. The Morgan fingerprint density at radius 2 is 1.81 bits per heavy atom. The Morgan fingerprint density at radius 3 is 2.46 bits per heavy atom. The summed E-state index contributed by atoms with van der Waals surface area (Å²) in [6, 6.07) is 6.02. The SMILES string of the molecule is CCN1CCN(CCCCNC(=NC)NCCc2ccccn2)CC1.I. The number of rotatable bonds is 9. The molecule has 1 aromatic heterocycles. The van der Waals surface area contributed by atoms with Crippen LogP contribution in [0.3, 0.4) is 0 Å². The molecule has 2 N–H and O–H groups in total. The minimum absolute atomic E-state index is 0. The van der Waals surface area contributed by atoms with Crippen molar-refractivity contribution in [2.45, 2.75) is 26.2 Å². The van der Waals surface area contributed by atoms with Gasteiger partial charge in [-0.3, -0.25) is 9.98 Å². The van der Waals surface area contributed by atoms with Gasteiger partial charge in [-0.25, -0.2) is 0 Å². The zero-order valence-electron chi connectivity index (χ0n) is 16.3. The highest BCUT2D eigenvalue weighted by Crippen LogP contribution is 2.02. The highest BCUT2D eigenvalue weighted by molar-refractivity contribution is 14.0. The molecule has 2 rings (SSSR count). The van der Waals surface area contributed by atoms with Crippen LogP contribution in [0.2, 0.25) is 0 Å². The van der Waals surface area contributed by atoms with Crippen molar-refractivity contribution in [2.75, 3.05) is 59.4 Å². The van der Waals surface area contributed by atoms with Crippen molar-refractivity contribution in [1.82, 2.24) is 25.4 Å². The number of aromatic nitrogens is 1. The molecule has 0 spiro atoms. The molecule has 2 heterocycles. The summed E-state index contributed by atoms with van der Waals surface area (Å²) in [5.41, 5.74) is 1.11. The van der Waals surface area contributed by atoms with Gasteiger partial charge < -0.3 is 20.4 Å². The molecule has 0 aliphatic carbocycles. The first-order chi connectivity index (χ1) is 12.3. The number of hydrogen-bond donors (Lipinski definition) is 2. The largest absolute Gasteiger partial charge is 0.356 e. The molecule has 1 aliphatic heterocycles. The van der Waals surface area contributed by atoms with Gasteiger partial charge in [0.25, 0.3) is 0 Å². The Bertz CT molecular complexity index is 488. The summed E-state index contributed by atoms with van der Waals surface area (Å²) in [6.07, 6.45) is 5.16. The molecule has 0 saturated carbocycles. The maximum absolute atomic E-state index is 4.33. The second-order valence-corrected chi connectivity index (χ2v) is 6.48. The zero-order chi connectivity index (χ0) is 17.7. The van der Waals surface area contributed by atoms with Crippen LogP contribution in [0.1, 0.15) is 25.5 Å². The molecule has 7 heteroatoms. The van der Waals surface area contributed by atoms with E-state index < -0.39 is 0 Å². The summed E-state index contributed by atoms with van der Waals surface area (Å²) < 4.78 is 0. The van der Waals surface area contributed by atoms with Crippen molar-refractivity contribution in [3.05, 3.63) is 30.1 Å². The number of piperazine rings is 1. The standard InChI is InChI=1S/C19H34N6.HI/c1-3-24-14-16-25(17-15-24)13-7-6-11-22-19(20-2)23-12-9-18-8-4-5-10-21-18;/h4-5,8,10H,3,6-7,9,11-17H2,1-2H3,(H2,20,22,23);1H. The molecule has 148 valence electrons. The van der Waals surface area contributed by atoms with Crippen molar-refractivity contribution in [3.8, 4) is 0 Å². The van der Waals surface area contributed by atoms with Crippen LogP contribution in [0.5, 0.6) is 0 Å². The van der Waals surface area contributed by atoms with Crippen LogP contribution >= 0.6 is 24.0 Å². The lowest BCUT2D eigenvalue weighted by Crippen LogP contribution is -2.46. The van der Waals surface area contributed by atoms with Crippen LogP contribution in [0, 0.1) is 0 Å². The van der Waals surface area contributed by atoms with E-state index in [9.17, 15) is 0 Å². The predicted octanol–water partition coefficient (Wildman–Crippen LogP) is 1.82. The minimum atomic E-state index is 0. The summed E-state index contributed by atoms with van der Waals surface area (Å²) in [7, 11) is 1.82. The molecule has 0 aromatic carbocycles. The number of nitrogens with one attached hydrogen (secondary N) is 2. The van der Waals surface area contributed by atoms with Gasteiger partial charge >= 0.3 is 0 Å². The lowest BCUT2D eigenvalue weighted by Gasteiger charge is -2.34. The number of likely N-dealkylation sites (N-methyl/N-ethyl adjacent to an activating group) is 1. The van der Waals surface area contributed by atoms with Gasteiger partial charge in [-0.2, -0.15) is 0 Å². The highest BCUT2D eigenvalue weighted by atomic mass is 127. The van der Waals surface area contributed by atoms with Crippen LogP contribution in [-0.4, -0.2) is 80.1 Å².